The first-order valence-electron chi connectivity index (χ1n) is 12.2. The predicted molar refractivity (Wildman–Crippen MR) is 149 cm³/mol. The number of aromatic nitrogens is 1. The van der Waals surface area contributed by atoms with Gasteiger partial charge in [0, 0.05) is 26.9 Å². The van der Waals surface area contributed by atoms with Crippen molar-refractivity contribution in [2.45, 2.75) is 38.9 Å². The van der Waals surface area contributed by atoms with Gasteiger partial charge in [0.05, 0.1) is 27.6 Å². The zero-order chi connectivity index (χ0) is 24.8. The molecule has 0 bridgehead atoms. The lowest BCUT2D eigenvalue weighted by Gasteiger charge is -2.32. The molecule has 6 heteroatoms. The summed E-state index contributed by atoms with van der Waals surface area (Å²) in [6, 6.07) is 27.0. The van der Waals surface area contributed by atoms with E-state index >= 15 is 0 Å². The van der Waals surface area contributed by atoms with Gasteiger partial charge in [0.15, 0.2) is 0 Å². The van der Waals surface area contributed by atoms with E-state index < -0.39 is 18.3 Å². The number of halogens is 1. The van der Waals surface area contributed by atoms with Crippen LogP contribution in [0.25, 0.3) is 49.4 Å². The van der Waals surface area contributed by atoms with Crippen molar-refractivity contribution in [2.24, 2.45) is 0 Å². The molecule has 4 aromatic carbocycles. The molecule has 7 rings (SSSR count). The van der Waals surface area contributed by atoms with Crippen LogP contribution in [0.5, 0.6) is 0 Å². The third-order valence-electron chi connectivity index (χ3n) is 7.87. The lowest BCUT2D eigenvalue weighted by atomic mass is 9.79. The number of hydrogen-bond acceptors (Lipinski definition) is 3. The van der Waals surface area contributed by atoms with Crippen LogP contribution >= 0.6 is 11.6 Å². The van der Waals surface area contributed by atoms with Gasteiger partial charge >= 0.3 is 7.12 Å². The van der Waals surface area contributed by atoms with E-state index in [-0.39, 0.29) is 0 Å². The summed E-state index contributed by atoms with van der Waals surface area (Å²) in [6.45, 7) is 8.24. The highest BCUT2D eigenvalue weighted by Crippen LogP contribution is 2.41. The average molecular weight is 494 g/mol. The lowest BCUT2D eigenvalue weighted by Crippen LogP contribution is -2.41. The second-order valence-corrected chi connectivity index (χ2v) is 11.1. The Morgan fingerprint density at radius 2 is 1.42 bits per heavy atom. The Kier molecular flexibility index (Phi) is 4.51. The largest absolute Gasteiger partial charge is 0.494 e. The maximum absolute atomic E-state index is 6.70. The molecule has 6 aromatic rings. The Morgan fingerprint density at radius 3 is 2.19 bits per heavy atom. The fraction of sp³-hybridized carbons (Fsp3) is 0.200. The summed E-state index contributed by atoms with van der Waals surface area (Å²) in [5.41, 5.74) is 4.92. The average Bonchev–Trinajstić information content (AvgIpc) is 3.45. The van der Waals surface area contributed by atoms with Crippen molar-refractivity contribution in [3.05, 3.63) is 83.9 Å². The van der Waals surface area contributed by atoms with Crippen molar-refractivity contribution < 1.29 is 13.7 Å². The van der Waals surface area contributed by atoms with Crippen molar-refractivity contribution in [3.63, 3.8) is 0 Å². The fourth-order valence-electron chi connectivity index (χ4n) is 5.35. The summed E-state index contributed by atoms with van der Waals surface area (Å²) in [5, 5.41) is 5.10. The van der Waals surface area contributed by atoms with E-state index in [2.05, 4.69) is 80.8 Å². The normalized spacial score (nSPS) is 17.2. The van der Waals surface area contributed by atoms with Gasteiger partial charge in [-0.3, -0.25) is 0 Å². The van der Waals surface area contributed by atoms with Crippen LogP contribution in [0.2, 0.25) is 5.02 Å². The number of hydrogen-bond donors (Lipinski definition) is 0. The maximum atomic E-state index is 6.70. The topological polar surface area (TPSA) is 36.5 Å². The van der Waals surface area contributed by atoms with E-state index in [0.29, 0.717) is 5.02 Å². The molecule has 3 heterocycles. The van der Waals surface area contributed by atoms with Gasteiger partial charge in [-0.25, -0.2) is 0 Å². The number of benzene rings is 4. The van der Waals surface area contributed by atoms with Crippen molar-refractivity contribution in [3.8, 4) is 5.69 Å². The van der Waals surface area contributed by atoms with Gasteiger partial charge in [0.2, 0.25) is 0 Å². The molecule has 0 spiro atoms. The van der Waals surface area contributed by atoms with Crippen molar-refractivity contribution >= 4 is 67.9 Å². The van der Waals surface area contributed by atoms with Crippen LogP contribution in [0, 0.1) is 0 Å². The second kappa shape index (κ2) is 7.39. The van der Waals surface area contributed by atoms with E-state index in [4.69, 9.17) is 25.3 Å². The van der Waals surface area contributed by atoms with Gasteiger partial charge in [0.1, 0.15) is 11.2 Å². The van der Waals surface area contributed by atoms with E-state index in [9.17, 15) is 0 Å². The smallest absolute Gasteiger partial charge is 0.455 e. The van der Waals surface area contributed by atoms with E-state index in [0.717, 1.165) is 54.9 Å². The van der Waals surface area contributed by atoms with Gasteiger partial charge in [-0.1, -0.05) is 48.0 Å². The molecule has 0 amide bonds. The minimum absolute atomic E-state index is 0.431. The van der Waals surface area contributed by atoms with Gasteiger partial charge in [-0.2, -0.15) is 0 Å². The predicted octanol–water partition coefficient (Wildman–Crippen LogP) is 7.64. The summed E-state index contributed by atoms with van der Waals surface area (Å²) in [7, 11) is -0.498. The molecule has 1 saturated heterocycles. The number of furan rings is 1. The van der Waals surface area contributed by atoms with E-state index in [1.807, 2.05) is 30.3 Å². The fourth-order valence-corrected chi connectivity index (χ4v) is 5.59. The van der Waals surface area contributed by atoms with Gasteiger partial charge in [-0.15, -0.1) is 0 Å². The Morgan fingerprint density at radius 1 is 0.722 bits per heavy atom. The second-order valence-electron chi connectivity index (χ2n) is 10.6. The summed E-state index contributed by atoms with van der Waals surface area (Å²) < 4.78 is 21.3. The third kappa shape index (κ3) is 3.03. The molecule has 1 fully saturated rings. The van der Waals surface area contributed by atoms with Crippen molar-refractivity contribution in [1.82, 2.24) is 4.57 Å². The molecule has 0 N–H and O–H groups in total. The molecule has 0 unspecified atom stereocenters. The highest BCUT2D eigenvalue weighted by molar-refractivity contribution is 6.62. The third-order valence-corrected chi connectivity index (χ3v) is 8.09. The van der Waals surface area contributed by atoms with Crippen LogP contribution in [0.3, 0.4) is 0 Å². The summed E-state index contributed by atoms with van der Waals surface area (Å²) in [5.74, 6) is 0. The van der Waals surface area contributed by atoms with Crippen molar-refractivity contribution in [2.75, 3.05) is 0 Å². The molecule has 4 nitrogen and oxygen atoms in total. The first-order chi connectivity index (χ1) is 17.2. The monoisotopic (exact) mass is 493 g/mol. The molecule has 2 aromatic heterocycles. The molecule has 0 saturated carbocycles. The van der Waals surface area contributed by atoms with Crippen LogP contribution in [0.4, 0.5) is 0 Å². The van der Waals surface area contributed by atoms with Crippen LogP contribution in [-0.4, -0.2) is 22.9 Å². The highest BCUT2D eigenvalue weighted by Gasteiger charge is 2.51. The first kappa shape index (κ1) is 22.0. The SMILES string of the molecule is CC1(C)OB(c2cc(Cl)cc(-n3c4ccccc4c4c5oc6ccccc6c5ccc43)c2)OC1(C)C. The molecule has 0 radical (unpaired) electrons. The number of para-hydroxylation sites is 2. The standard InChI is InChI=1S/C30H25BClNO3/c1-29(2)30(3,4)36-31(35-29)18-15-19(32)17-20(16-18)33-24-11-7-5-10-23(24)27-25(33)14-13-22-21-9-6-8-12-26(21)34-28(22)27/h5-17H,1-4H3. The number of nitrogens with zero attached hydrogens (tertiary/aromatic N) is 1. The molecule has 178 valence electrons. The van der Waals surface area contributed by atoms with Crippen LogP contribution in [-0.2, 0) is 9.31 Å². The minimum atomic E-state index is -0.498. The zero-order valence-corrected chi connectivity index (χ0v) is 21.4. The molecule has 36 heavy (non-hydrogen) atoms. The summed E-state index contributed by atoms with van der Waals surface area (Å²) in [6.07, 6.45) is 0. The van der Waals surface area contributed by atoms with Crippen LogP contribution < -0.4 is 5.46 Å². The Labute approximate surface area is 214 Å². The number of fused-ring (bicyclic) bond motifs is 7. The van der Waals surface area contributed by atoms with Crippen molar-refractivity contribution in [1.29, 1.82) is 0 Å². The van der Waals surface area contributed by atoms with Crippen LogP contribution in [0.1, 0.15) is 27.7 Å². The molecular weight excluding hydrogens is 469 g/mol. The molecule has 0 aliphatic carbocycles. The molecule has 1 aliphatic heterocycles. The zero-order valence-electron chi connectivity index (χ0n) is 20.6. The van der Waals surface area contributed by atoms with Crippen LogP contribution in [0.15, 0.2) is 83.3 Å². The van der Waals surface area contributed by atoms with Gasteiger partial charge < -0.3 is 18.3 Å². The molecule has 0 atom stereocenters. The Hall–Kier alpha value is -3.25. The summed E-state index contributed by atoms with van der Waals surface area (Å²) >= 11 is 6.70. The highest BCUT2D eigenvalue weighted by atomic mass is 35.5. The quantitative estimate of drug-likeness (QED) is 0.233. The Bertz CT molecular complexity index is 1810. The Balaban J connectivity index is 1.50. The molecular formula is C30H25BClNO3. The van der Waals surface area contributed by atoms with E-state index in [1.165, 1.54) is 0 Å². The molecule has 1 aliphatic rings. The number of rotatable bonds is 2. The first-order valence-corrected chi connectivity index (χ1v) is 12.6. The van der Waals surface area contributed by atoms with Gasteiger partial charge in [0.25, 0.3) is 0 Å². The lowest BCUT2D eigenvalue weighted by molar-refractivity contribution is 0.00578. The minimum Gasteiger partial charge on any atom is -0.455 e. The van der Waals surface area contributed by atoms with Gasteiger partial charge in [-0.05, 0) is 75.6 Å². The van der Waals surface area contributed by atoms with E-state index in [1.54, 1.807) is 0 Å². The maximum Gasteiger partial charge on any atom is 0.494 e. The summed E-state index contributed by atoms with van der Waals surface area (Å²) in [4.78, 5) is 0.